The molecule has 0 fully saturated rings. The maximum Gasteiger partial charge on any atom is 0.341 e. The second-order valence-electron chi connectivity index (χ2n) is 5.46. The van der Waals surface area contributed by atoms with Crippen molar-refractivity contribution in [3.05, 3.63) is 65.6 Å². The average Bonchev–Trinajstić information content (AvgIpc) is 3.08. The van der Waals surface area contributed by atoms with Crippen molar-refractivity contribution in [3.63, 3.8) is 0 Å². The van der Waals surface area contributed by atoms with Crippen LogP contribution < -0.4 is 0 Å². The number of ether oxygens (including phenoxy) is 1. The van der Waals surface area contributed by atoms with Gasteiger partial charge in [0.15, 0.2) is 5.65 Å². The van der Waals surface area contributed by atoms with Gasteiger partial charge in [-0.05, 0) is 23.8 Å². The summed E-state index contributed by atoms with van der Waals surface area (Å²) in [5.74, 6) is 1.27. The number of hydrogen-bond acceptors (Lipinski definition) is 6. The molecular formula is C18H15N3O2S2. The number of aliphatic imine (C=N–C) groups is 1. The van der Waals surface area contributed by atoms with E-state index in [-0.39, 0.29) is 5.97 Å². The van der Waals surface area contributed by atoms with Crippen LogP contribution >= 0.6 is 23.5 Å². The number of nitrogens with zero attached hydrogens (tertiary/aromatic N) is 3. The lowest BCUT2D eigenvalue weighted by Gasteiger charge is -2.13. The molecule has 3 heterocycles. The summed E-state index contributed by atoms with van der Waals surface area (Å²) in [5.41, 5.74) is 4.32. The number of hydrogen-bond donors (Lipinski definition) is 0. The minimum Gasteiger partial charge on any atom is -0.465 e. The van der Waals surface area contributed by atoms with E-state index in [1.807, 2.05) is 41.1 Å². The molecule has 126 valence electrons. The fourth-order valence-corrected chi connectivity index (χ4v) is 4.57. The topological polar surface area (TPSA) is 56.0 Å². The van der Waals surface area contributed by atoms with Crippen molar-refractivity contribution in [1.82, 2.24) is 9.38 Å². The van der Waals surface area contributed by atoms with E-state index >= 15 is 0 Å². The van der Waals surface area contributed by atoms with Crippen LogP contribution in [0.25, 0.3) is 5.65 Å². The minimum absolute atomic E-state index is 0.376. The number of esters is 1. The third-order valence-electron chi connectivity index (χ3n) is 3.84. The molecule has 0 atom stereocenters. The summed E-state index contributed by atoms with van der Waals surface area (Å²) < 4.78 is 7.72. The highest BCUT2D eigenvalue weighted by Gasteiger charge is 2.15. The van der Waals surface area contributed by atoms with Crippen molar-refractivity contribution in [3.8, 4) is 0 Å². The predicted molar refractivity (Wildman–Crippen MR) is 103 cm³/mol. The summed E-state index contributed by atoms with van der Waals surface area (Å²) in [6.07, 6.45) is 3.82. The zero-order valence-electron chi connectivity index (χ0n) is 13.5. The van der Waals surface area contributed by atoms with Gasteiger partial charge in [0, 0.05) is 23.9 Å². The number of fused-ring (bicyclic) bond motifs is 2. The monoisotopic (exact) mass is 369 g/mol. The van der Waals surface area contributed by atoms with Gasteiger partial charge < -0.3 is 9.14 Å². The van der Waals surface area contributed by atoms with Crippen molar-refractivity contribution in [2.24, 2.45) is 4.99 Å². The number of carbonyl (C=O) groups excluding carboxylic acids is 1. The number of pyridine rings is 1. The molecule has 4 rings (SSSR count). The summed E-state index contributed by atoms with van der Waals surface area (Å²) in [7, 11) is 1.38. The molecule has 0 bridgehead atoms. The summed E-state index contributed by atoms with van der Waals surface area (Å²) in [5, 5.41) is 0. The number of thioether (sulfide) groups is 2. The summed E-state index contributed by atoms with van der Waals surface area (Å²) >= 11 is 3.42. The molecule has 0 saturated heterocycles. The Morgan fingerprint density at radius 2 is 2.20 bits per heavy atom. The van der Waals surface area contributed by atoms with Crippen molar-refractivity contribution in [1.29, 1.82) is 0 Å². The number of imidazole rings is 1. The Bertz CT molecular complexity index is 981. The maximum atomic E-state index is 11.9. The Morgan fingerprint density at radius 3 is 3.08 bits per heavy atom. The minimum atomic E-state index is -0.376. The zero-order chi connectivity index (χ0) is 17.2. The van der Waals surface area contributed by atoms with E-state index < -0.39 is 0 Å². The smallest absolute Gasteiger partial charge is 0.341 e. The van der Waals surface area contributed by atoms with E-state index in [4.69, 9.17) is 9.73 Å². The maximum absolute atomic E-state index is 11.9. The third-order valence-corrected chi connectivity index (χ3v) is 6.12. The van der Waals surface area contributed by atoms with Crippen LogP contribution in [0.3, 0.4) is 0 Å². The summed E-state index contributed by atoms with van der Waals surface area (Å²) in [6.45, 7) is 0. The highest BCUT2D eigenvalue weighted by molar-refractivity contribution is 8.38. The fraction of sp³-hybridized carbons (Fsp3) is 0.167. The van der Waals surface area contributed by atoms with Gasteiger partial charge in [0.1, 0.15) is 9.94 Å². The molecule has 0 radical (unpaired) electrons. The second kappa shape index (κ2) is 6.93. The van der Waals surface area contributed by atoms with Crippen LogP contribution in [0.2, 0.25) is 0 Å². The fourth-order valence-electron chi connectivity index (χ4n) is 2.62. The van der Waals surface area contributed by atoms with Crippen molar-refractivity contribution in [2.75, 3.05) is 7.11 Å². The Morgan fingerprint density at radius 1 is 1.32 bits per heavy atom. The first-order chi connectivity index (χ1) is 12.2. The van der Waals surface area contributed by atoms with Crippen LogP contribution in [0.5, 0.6) is 0 Å². The molecule has 1 aliphatic rings. The first-order valence-electron chi connectivity index (χ1n) is 7.72. The quantitative estimate of drug-likeness (QED) is 0.645. The molecule has 0 N–H and O–H groups in total. The number of para-hydroxylation sites is 1. The number of benzene rings is 1. The molecule has 0 amide bonds. The molecule has 1 aromatic carbocycles. The molecule has 0 spiro atoms. The van der Waals surface area contributed by atoms with Crippen LogP contribution in [0.15, 0.2) is 53.8 Å². The van der Waals surface area contributed by atoms with Crippen molar-refractivity contribution < 1.29 is 9.53 Å². The molecule has 3 aromatic rings. The Labute approximate surface area is 153 Å². The first-order valence-corrected chi connectivity index (χ1v) is 9.69. The molecular weight excluding hydrogens is 354 g/mol. The highest BCUT2D eigenvalue weighted by Crippen LogP contribution is 2.35. The van der Waals surface area contributed by atoms with Gasteiger partial charge in [0.2, 0.25) is 0 Å². The van der Waals surface area contributed by atoms with E-state index in [1.165, 1.54) is 12.7 Å². The van der Waals surface area contributed by atoms with Gasteiger partial charge in [0.05, 0.1) is 18.5 Å². The molecule has 7 heteroatoms. The van der Waals surface area contributed by atoms with Crippen molar-refractivity contribution in [2.45, 2.75) is 11.5 Å². The first kappa shape index (κ1) is 16.2. The van der Waals surface area contributed by atoms with Gasteiger partial charge in [-0.25, -0.2) is 14.8 Å². The molecule has 0 saturated carbocycles. The largest absolute Gasteiger partial charge is 0.465 e. The van der Waals surface area contributed by atoms with E-state index in [0.717, 1.165) is 21.5 Å². The van der Waals surface area contributed by atoms with Gasteiger partial charge >= 0.3 is 5.97 Å². The lowest BCUT2D eigenvalue weighted by Crippen LogP contribution is -2.03. The normalized spacial score (nSPS) is 13.4. The second-order valence-corrected chi connectivity index (χ2v) is 7.65. The van der Waals surface area contributed by atoms with Crippen LogP contribution in [0.4, 0.5) is 5.69 Å². The SMILES string of the molecule is COC(=O)c1cccn2cc(CSC3=Nc4ccccc4CS3)nc12. The molecule has 5 nitrogen and oxygen atoms in total. The van der Waals surface area contributed by atoms with Crippen LogP contribution in [0, 0.1) is 0 Å². The third kappa shape index (κ3) is 3.29. The average molecular weight is 369 g/mol. The van der Waals surface area contributed by atoms with Gasteiger partial charge in [-0.15, -0.1) is 0 Å². The highest BCUT2D eigenvalue weighted by atomic mass is 32.2. The van der Waals surface area contributed by atoms with Crippen LogP contribution in [-0.2, 0) is 16.2 Å². The number of methoxy groups -OCH3 is 1. The molecule has 25 heavy (non-hydrogen) atoms. The molecule has 2 aromatic heterocycles. The van der Waals surface area contributed by atoms with Crippen LogP contribution in [0.1, 0.15) is 21.6 Å². The summed E-state index contributed by atoms with van der Waals surface area (Å²) in [4.78, 5) is 21.2. The summed E-state index contributed by atoms with van der Waals surface area (Å²) in [6, 6.07) is 11.8. The van der Waals surface area contributed by atoms with Crippen molar-refractivity contribution >= 4 is 45.2 Å². The van der Waals surface area contributed by atoms with E-state index in [1.54, 1.807) is 29.6 Å². The van der Waals surface area contributed by atoms with E-state index in [0.29, 0.717) is 17.0 Å². The van der Waals surface area contributed by atoms with E-state index in [9.17, 15) is 4.79 Å². The Hall–Kier alpha value is -2.25. The zero-order valence-corrected chi connectivity index (χ0v) is 15.1. The number of aromatic nitrogens is 2. The van der Waals surface area contributed by atoms with Gasteiger partial charge in [0.25, 0.3) is 0 Å². The van der Waals surface area contributed by atoms with Crippen LogP contribution in [-0.4, -0.2) is 26.8 Å². The molecule has 0 aliphatic carbocycles. The molecule has 0 unspecified atom stereocenters. The van der Waals surface area contributed by atoms with Gasteiger partial charge in [-0.2, -0.15) is 0 Å². The standard InChI is InChI=1S/C18H15N3O2S2/c1-23-17(22)14-6-4-8-21-9-13(19-16(14)21)11-25-18-20-15-7-3-2-5-12(15)10-24-18/h2-9H,10-11H2,1H3. The Kier molecular flexibility index (Phi) is 4.50. The predicted octanol–water partition coefficient (Wildman–Crippen LogP) is 4.29. The van der Waals surface area contributed by atoms with E-state index in [2.05, 4.69) is 11.1 Å². The number of rotatable bonds is 3. The Balaban J connectivity index is 1.54. The van der Waals surface area contributed by atoms with Gasteiger partial charge in [-0.3, -0.25) is 0 Å². The lowest BCUT2D eigenvalue weighted by molar-refractivity contribution is 0.0602. The van der Waals surface area contributed by atoms with Gasteiger partial charge in [-0.1, -0.05) is 41.7 Å². The number of carbonyl (C=O) groups is 1. The molecule has 1 aliphatic heterocycles. The lowest BCUT2D eigenvalue weighted by atomic mass is 10.2.